The van der Waals surface area contributed by atoms with Gasteiger partial charge in [-0.15, -0.1) is 0 Å². The molecule has 17 heteroatoms. The fraction of sp³-hybridized carbons (Fsp3) is 0. The maximum atomic E-state index is 0. The second-order valence-corrected chi connectivity index (χ2v) is 0. The Morgan fingerprint density at radius 3 is 0.176 bits per heavy atom. The third-order valence-electron chi connectivity index (χ3n) is 0. The van der Waals surface area contributed by atoms with Gasteiger partial charge in [-0.05, 0) is 0 Å². The van der Waals surface area contributed by atoms with Gasteiger partial charge in [0.15, 0.2) is 0 Å². The summed E-state index contributed by atoms with van der Waals surface area (Å²) in [6.07, 6.45) is 0. The van der Waals surface area contributed by atoms with Gasteiger partial charge in [-0.25, -0.2) is 0 Å². The molecule has 0 unspecified atom stereocenters. The molecule has 0 atom stereocenters. The van der Waals surface area contributed by atoms with Crippen LogP contribution in [0.1, 0.15) is 0 Å². The Balaban J connectivity index is 0. The number of hydrogen-bond acceptors (Lipinski definition) is 0. The summed E-state index contributed by atoms with van der Waals surface area (Å²) in [5.41, 5.74) is 0. The zero-order valence-electron chi connectivity index (χ0n) is 7.17. The van der Waals surface area contributed by atoms with E-state index in [1.54, 1.807) is 0 Å². The molecular weight excluding hydrogens is 1100 g/mol. The van der Waals surface area contributed by atoms with Crippen LogP contribution in [0.2, 0.25) is 0 Å². The predicted octanol–water partition coefficient (Wildman–Crippen LogP) is 1.01. The van der Waals surface area contributed by atoms with Crippen molar-refractivity contribution in [3.63, 3.8) is 0 Å². The van der Waals surface area contributed by atoms with Crippen LogP contribution in [0.25, 0.3) is 36.9 Å². The molecule has 0 rings (SSSR count). The van der Waals surface area contributed by atoms with Crippen LogP contribution < -0.4 is 0 Å². The normalized spacial score (nSPS) is 0. The summed E-state index contributed by atoms with van der Waals surface area (Å²) in [6.45, 7) is 0. The second-order valence-electron chi connectivity index (χ2n) is 0. The first-order valence-electron chi connectivity index (χ1n) is 0. The molecule has 0 aromatic carbocycles. The average molecular weight is 1100 g/mol. The van der Waals surface area contributed by atoms with Crippen LogP contribution in [-0.4, -0.2) is 0 Å². The Kier molecular flexibility index (Phi) is 33600. The fourth-order valence-electron chi connectivity index (χ4n) is 0. The standard InChI is InChI=1S/6N.6O.5W/q6*-3;6*-2;5*+6. The number of hydrogen-bond donors (Lipinski definition) is 0. The van der Waals surface area contributed by atoms with Crippen LogP contribution in [0.4, 0.5) is 0 Å². The topological polar surface area (TPSA) is 354 Å². The van der Waals surface area contributed by atoms with Crippen LogP contribution in [0.15, 0.2) is 0 Å². The summed E-state index contributed by atoms with van der Waals surface area (Å²) in [7, 11) is 0. The monoisotopic (exact) mass is 1100 g/mol. The maximum Gasteiger partial charge on any atom is 6.00 e. The van der Waals surface area contributed by atoms with E-state index in [0.717, 1.165) is 0 Å². The SMILES string of the molecule is [N-3].[N-3].[N-3].[N-3].[N-3].[N-3].[O-2].[O-2].[O-2].[O-2].[O-2].[O-2].[W+6].[W+6].[W+6].[W+6].[W+6]. The fourth-order valence-corrected chi connectivity index (χ4v) is 0. The Labute approximate surface area is 173 Å². The zero-order valence-corrected chi connectivity index (χ0v) is 21.8. The summed E-state index contributed by atoms with van der Waals surface area (Å²) in [4.78, 5) is 0. The summed E-state index contributed by atoms with van der Waals surface area (Å²) < 4.78 is 0. The minimum atomic E-state index is 0. The van der Waals surface area contributed by atoms with Crippen LogP contribution in [0.5, 0.6) is 0 Å². The molecule has 0 spiro atoms. The van der Waals surface area contributed by atoms with Gasteiger partial charge in [0.1, 0.15) is 0 Å². The molecule has 0 aliphatic carbocycles. The molecule has 96 valence electrons. The van der Waals surface area contributed by atoms with E-state index in [-0.39, 0.29) is 175 Å². The van der Waals surface area contributed by atoms with E-state index in [0.29, 0.717) is 0 Å². The Morgan fingerprint density at radius 1 is 0.176 bits per heavy atom. The molecule has 0 radical (unpaired) electrons. The van der Waals surface area contributed by atoms with E-state index in [2.05, 4.69) is 0 Å². The minimum Gasteiger partial charge on any atom is -3.00 e. The van der Waals surface area contributed by atoms with Crippen molar-refractivity contribution in [1.82, 2.24) is 0 Å². The first kappa shape index (κ1) is 818. The third-order valence-corrected chi connectivity index (χ3v) is 0. The molecule has 0 heterocycles. The van der Waals surface area contributed by atoms with E-state index in [9.17, 15) is 0 Å². The van der Waals surface area contributed by atoms with Crippen molar-refractivity contribution in [3.05, 3.63) is 36.9 Å². The summed E-state index contributed by atoms with van der Waals surface area (Å²) >= 11 is 0. The maximum absolute atomic E-state index is 0. The molecule has 0 saturated carbocycles. The van der Waals surface area contributed by atoms with Crippen molar-refractivity contribution in [2.24, 2.45) is 0 Å². The molecule has 0 aromatic rings. The summed E-state index contributed by atoms with van der Waals surface area (Å²) in [6, 6.07) is 0. The largest absolute Gasteiger partial charge is 6.00 e. The van der Waals surface area contributed by atoms with Crippen LogP contribution in [0, 0.1) is 0 Å². The average Bonchev–Trinajstić information content (AvgIpc) is 0. The van der Waals surface area contributed by atoms with Crippen molar-refractivity contribution < 1.29 is 138 Å². The van der Waals surface area contributed by atoms with Crippen molar-refractivity contribution in [2.75, 3.05) is 0 Å². The molecule has 0 fully saturated rings. The van der Waals surface area contributed by atoms with Gasteiger partial charge in [0.05, 0.1) is 0 Å². The molecule has 0 bridgehead atoms. The Hall–Kier alpha value is 2.96. The van der Waals surface area contributed by atoms with E-state index in [1.807, 2.05) is 0 Å². The molecule has 0 saturated heterocycles. The van der Waals surface area contributed by atoms with Gasteiger partial charge >= 0.3 is 105 Å². The first-order chi connectivity index (χ1) is 0. The van der Waals surface area contributed by atoms with Gasteiger partial charge in [0.2, 0.25) is 0 Å². The van der Waals surface area contributed by atoms with E-state index < -0.39 is 0 Å². The van der Waals surface area contributed by atoms with E-state index in [4.69, 9.17) is 0 Å². The van der Waals surface area contributed by atoms with Crippen molar-refractivity contribution in [3.8, 4) is 0 Å². The molecule has 0 aliphatic rings. The number of nitrogens with zero attached hydrogens (tertiary/aromatic N) is 6. The second kappa shape index (κ2) is 697. The van der Waals surface area contributed by atoms with E-state index >= 15 is 0 Å². The van der Waals surface area contributed by atoms with Crippen LogP contribution in [0.3, 0.4) is 0 Å². The minimum absolute atomic E-state index is 0. The van der Waals surface area contributed by atoms with Gasteiger partial charge in [0, 0.05) is 0 Å². The zero-order chi connectivity index (χ0) is 0. The molecule has 12 nitrogen and oxygen atoms in total. The van der Waals surface area contributed by atoms with Crippen LogP contribution >= 0.6 is 0 Å². The van der Waals surface area contributed by atoms with Crippen molar-refractivity contribution >= 4 is 0 Å². The van der Waals surface area contributed by atoms with Gasteiger partial charge in [-0.2, -0.15) is 0 Å². The molecule has 17 heavy (non-hydrogen) atoms. The molecular formula is N6O6W5. The Morgan fingerprint density at radius 2 is 0.176 bits per heavy atom. The first-order valence-corrected chi connectivity index (χ1v) is 0. The van der Waals surface area contributed by atoms with Crippen LogP contribution in [-0.2, 0) is 138 Å². The molecule has 0 amide bonds. The third kappa shape index (κ3) is 622. The van der Waals surface area contributed by atoms with Crippen molar-refractivity contribution in [2.45, 2.75) is 0 Å². The molecule has 0 N–H and O–H groups in total. The summed E-state index contributed by atoms with van der Waals surface area (Å²) in [5, 5.41) is 0. The van der Waals surface area contributed by atoms with Gasteiger partial charge in [-0.3, -0.25) is 0 Å². The number of rotatable bonds is 0. The van der Waals surface area contributed by atoms with Gasteiger partial charge in [-0.1, -0.05) is 0 Å². The molecule has 0 aliphatic heterocycles. The van der Waals surface area contributed by atoms with Gasteiger partial charge < -0.3 is 69.8 Å². The van der Waals surface area contributed by atoms with Crippen molar-refractivity contribution in [1.29, 1.82) is 0 Å². The van der Waals surface area contributed by atoms with E-state index in [1.165, 1.54) is 0 Å². The quantitative estimate of drug-likeness (QED) is 0.328. The summed E-state index contributed by atoms with van der Waals surface area (Å²) in [5.74, 6) is 0. The smallest absolute Gasteiger partial charge is 3.00 e. The Bertz CT molecular complexity index is 26.9. The predicted molar refractivity (Wildman–Crippen MR) is 24.3 cm³/mol. The van der Waals surface area contributed by atoms with Gasteiger partial charge in [0.25, 0.3) is 0 Å². The molecule has 0 aromatic heterocycles.